The normalized spacial score (nSPS) is 12.4. The Kier molecular flexibility index (Phi) is 9.17. The van der Waals surface area contributed by atoms with Gasteiger partial charge in [0.05, 0.1) is 0 Å². The monoisotopic (exact) mass is 224 g/mol. The molecule has 0 rings (SSSR count). The van der Waals surface area contributed by atoms with Crippen molar-refractivity contribution in [2.24, 2.45) is 17.8 Å². The number of rotatable bonds is 9. The fourth-order valence-corrected chi connectivity index (χ4v) is 2.14. The summed E-state index contributed by atoms with van der Waals surface area (Å²) in [6.45, 7) is 15.1. The van der Waals surface area contributed by atoms with Crippen molar-refractivity contribution in [1.82, 2.24) is 0 Å². The molecule has 0 amide bonds. The van der Waals surface area contributed by atoms with Gasteiger partial charge in [-0.1, -0.05) is 78.6 Å². The molecule has 0 aromatic carbocycles. The van der Waals surface area contributed by atoms with E-state index in [9.17, 15) is 0 Å². The first-order valence-corrected chi connectivity index (χ1v) is 7.41. The van der Waals surface area contributed by atoms with E-state index in [1.165, 1.54) is 38.2 Å². The maximum atomic E-state index is 2.35. The molecule has 0 aliphatic heterocycles. The van der Waals surface area contributed by atoms with E-state index in [0.29, 0.717) is 0 Å². The summed E-state index contributed by atoms with van der Waals surface area (Å²) in [6, 6.07) is 0. The molecule has 0 unspecified atom stereocenters. The van der Waals surface area contributed by atoms with Crippen LogP contribution in [0.25, 0.3) is 0 Å². The van der Waals surface area contributed by atoms with E-state index in [-0.39, 0.29) is 0 Å². The van der Waals surface area contributed by atoms with Crippen molar-refractivity contribution >= 4 is 6.71 Å². The molecular formula is C15H33B-. The standard InChI is InChI=1S/C15H33B/c1-13(2)7-10-16(11-8-14(3)4)12-9-15(5)6/h13-15H,7-12H2,1-6H3/q-1. The van der Waals surface area contributed by atoms with Gasteiger partial charge in [-0.25, -0.2) is 19.0 Å². The van der Waals surface area contributed by atoms with E-state index in [4.69, 9.17) is 0 Å². The third-order valence-corrected chi connectivity index (χ3v) is 3.46. The summed E-state index contributed by atoms with van der Waals surface area (Å²) in [6.07, 6.45) is 8.62. The van der Waals surface area contributed by atoms with Gasteiger partial charge < -0.3 is 0 Å². The lowest BCUT2D eigenvalue weighted by atomic mass is 9.40. The van der Waals surface area contributed by atoms with Crippen LogP contribution >= 0.6 is 0 Å². The minimum atomic E-state index is 0.876. The van der Waals surface area contributed by atoms with Gasteiger partial charge in [-0.3, -0.25) is 0 Å². The van der Waals surface area contributed by atoms with Crippen LogP contribution in [0, 0.1) is 17.8 Å². The second-order valence-electron chi connectivity index (χ2n) is 6.78. The van der Waals surface area contributed by atoms with Crippen LogP contribution in [-0.2, 0) is 0 Å². The Labute approximate surface area is 105 Å². The Bertz CT molecular complexity index is 121. The fraction of sp³-hybridized carbons (Fsp3) is 1.00. The van der Waals surface area contributed by atoms with Crippen LogP contribution in [0.5, 0.6) is 0 Å². The molecule has 0 aliphatic rings. The SMILES string of the molecule is CC(C)CC[B-](CCC(C)C)CCC(C)C. The van der Waals surface area contributed by atoms with Gasteiger partial charge in [-0.15, -0.1) is 6.71 Å². The molecule has 1 heteroatoms. The summed E-state index contributed by atoms with van der Waals surface area (Å²) >= 11 is 0. The molecule has 1 radical (unpaired) electrons. The highest BCUT2D eigenvalue weighted by molar-refractivity contribution is 6.58. The van der Waals surface area contributed by atoms with Gasteiger partial charge in [0, 0.05) is 0 Å². The Morgan fingerprint density at radius 2 is 0.812 bits per heavy atom. The molecule has 0 saturated heterocycles. The average molecular weight is 224 g/mol. The summed E-state index contributed by atoms with van der Waals surface area (Å²) in [4.78, 5) is 0. The molecule has 0 heterocycles. The first-order chi connectivity index (χ1) is 7.41. The number of hydrogen-bond donors (Lipinski definition) is 0. The van der Waals surface area contributed by atoms with E-state index in [0.717, 1.165) is 24.5 Å². The van der Waals surface area contributed by atoms with Gasteiger partial charge in [0.25, 0.3) is 0 Å². The highest BCUT2D eigenvalue weighted by Gasteiger charge is 2.03. The smallest absolute Gasteiger partial charge is 0.0502 e. The summed E-state index contributed by atoms with van der Waals surface area (Å²) in [5, 5.41) is 0. The molecule has 97 valence electrons. The molecule has 16 heavy (non-hydrogen) atoms. The fourth-order valence-electron chi connectivity index (χ4n) is 2.14. The van der Waals surface area contributed by atoms with Crippen molar-refractivity contribution in [3.05, 3.63) is 0 Å². The van der Waals surface area contributed by atoms with Crippen LogP contribution < -0.4 is 0 Å². The molecule has 0 N–H and O–H groups in total. The molecule has 0 spiro atoms. The van der Waals surface area contributed by atoms with Gasteiger partial charge in [0.2, 0.25) is 0 Å². The predicted octanol–water partition coefficient (Wildman–Crippen LogP) is 5.62. The van der Waals surface area contributed by atoms with Crippen molar-refractivity contribution in [2.75, 3.05) is 0 Å². The highest BCUT2D eigenvalue weighted by Crippen LogP contribution is 2.20. The average Bonchev–Trinajstić information content (AvgIpc) is 2.15. The van der Waals surface area contributed by atoms with Crippen molar-refractivity contribution in [2.45, 2.75) is 79.8 Å². The summed E-state index contributed by atoms with van der Waals surface area (Å²) in [5.41, 5.74) is 0. The Hall–Kier alpha value is 0.0649. The van der Waals surface area contributed by atoms with Gasteiger partial charge in [-0.05, 0) is 0 Å². The lowest BCUT2D eigenvalue weighted by molar-refractivity contribution is 0.592. The summed E-state index contributed by atoms with van der Waals surface area (Å²) in [7, 11) is 0. The molecule has 0 aliphatic carbocycles. The topological polar surface area (TPSA) is 0 Å². The van der Waals surface area contributed by atoms with Gasteiger partial charge in [0.1, 0.15) is 0 Å². The maximum absolute atomic E-state index is 2.35. The van der Waals surface area contributed by atoms with E-state index in [1.807, 2.05) is 0 Å². The molecule has 0 atom stereocenters. The molecular weight excluding hydrogens is 191 g/mol. The molecule has 0 fully saturated rings. The van der Waals surface area contributed by atoms with E-state index >= 15 is 0 Å². The molecule has 0 saturated carbocycles. The molecule has 0 aromatic heterocycles. The maximum Gasteiger partial charge on any atom is -0.0502 e. The first-order valence-electron chi connectivity index (χ1n) is 7.41. The van der Waals surface area contributed by atoms with Crippen molar-refractivity contribution < 1.29 is 0 Å². The second-order valence-corrected chi connectivity index (χ2v) is 6.78. The minimum absolute atomic E-state index is 0.876. The van der Waals surface area contributed by atoms with Gasteiger partial charge >= 0.3 is 0 Å². The van der Waals surface area contributed by atoms with Crippen LogP contribution in [0.1, 0.15) is 60.8 Å². The number of hydrogen-bond acceptors (Lipinski definition) is 0. The zero-order valence-electron chi connectivity index (χ0n) is 12.6. The van der Waals surface area contributed by atoms with E-state index in [1.54, 1.807) is 0 Å². The van der Waals surface area contributed by atoms with Crippen LogP contribution in [0.15, 0.2) is 0 Å². The Morgan fingerprint density at radius 3 is 1.00 bits per heavy atom. The first kappa shape index (κ1) is 16.1. The third kappa shape index (κ3) is 10.6. The van der Waals surface area contributed by atoms with Crippen molar-refractivity contribution in [1.29, 1.82) is 0 Å². The minimum Gasteiger partial charge on any atom is -0.208 e. The van der Waals surface area contributed by atoms with Gasteiger partial charge in [0.15, 0.2) is 0 Å². The van der Waals surface area contributed by atoms with E-state index in [2.05, 4.69) is 41.5 Å². The Morgan fingerprint density at radius 1 is 0.562 bits per heavy atom. The molecule has 0 bridgehead atoms. The largest absolute Gasteiger partial charge is 0.208 e. The van der Waals surface area contributed by atoms with Crippen LogP contribution in [0.2, 0.25) is 19.0 Å². The van der Waals surface area contributed by atoms with Crippen LogP contribution in [0.3, 0.4) is 0 Å². The molecule has 0 nitrogen and oxygen atoms in total. The second kappa shape index (κ2) is 9.13. The van der Waals surface area contributed by atoms with E-state index < -0.39 is 0 Å². The predicted molar refractivity (Wildman–Crippen MR) is 78.5 cm³/mol. The Balaban J connectivity index is 3.85. The highest BCUT2D eigenvalue weighted by atomic mass is 14.0. The lowest BCUT2D eigenvalue weighted by Gasteiger charge is -2.29. The molecule has 0 aromatic rings. The third-order valence-electron chi connectivity index (χ3n) is 3.46. The summed E-state index contributed by atoms with van der Waals surface area (Å²) < 4.78 is 0. The lowest BCUT2D eigenvalue weighted by Crippen LogP contribution is -2.15. The zero-order chi connectivity index (χ0) is 12.6. The zero-order valence-corrected chi connectivity index (χ0v) is 12.6. The quantitative estimate of drug-likeness (QED) is 0.446. The van der Waals surface area contributed by atoms with Crippen molar-refractivity contribution in [3.63, 3.8) is 0 Å². The van der Waals surface area contributed by atoms with Crippen LogP contribution in [0.4, 0.5) is 0 Å². The summed E-state index contributed by atoms with van der Waals surface area (Å²) in [5.74, 6) is 2.63. The van der Waals surface area contributed by atoms with Crippen molar-refractivity contribution in [3.8, 4) is 0 Å². The van der Waals surface area contributed by atoms with Gasteiger partial charge in [-0.2, -0.15) is 0 Å². The van der Waals surface area contributed by atoms with Crippen LogP contribution in [-0.4, -0.2) is 6.71 Å².